The van der Waals surface area contributed by atoms with Gasteiger partial charge in [0.2, 0.25) is 0 Å². The van der Waals surface area contributed by atoms with Crippen molar-refractivity contribution in [3.05, 3.63) is 17.6 Å². The molecule has 1 N–H and O–H groups in total. The predicted octanol–water partition coefficient (Wildman–Crippen LogP) is 1.93. The zero-order valence-corrected chi connectivity index (χ0v) is 12.1. The summed E-state index contributed by atoms with van der Waals surface area (Å²) in [5, 5.41) is 3.69. The molecule has 1 aliphatic carbocycles. The number of nitrogens with zero attached hydrogens (tertiary/aromatic N) is 3. The summed E-state index contributed by atoms with van der Waals surface area (Å²) in [4.78, 5) is 11.7. The Kier molecular flexibility index (Phi) is 3.34. The Morgan fingerprint density at radius 3 is 2.95 bits per heavy atom. The normalized spacial score (nSPS) is 29.7. The Bertz CT molecular complexity index is 473. The monoisotopic (exact) mass is 272 g/mol. The van der Waals surface area contributed by atoms with Crippen LogP contribution in [0.5, 0.6) is 0 Å². The van der Waals surface area contributed by atoms with E-state index in [2.05, 4.69) is 20.2 Å². The van der Waals surface area contributed by atoms with Gasteiger partial charge >= 0.3 is 0 Å². The third-order valence-electron chi connectivity index (χ3n) is 5.25. The molecule has 4 rings (SSSR count). The minimum absolute atomic E-state index is 0.681. The van der Waals surface area contributed by atoms with E-state index in [1.54, 1.807) is 6.33 Å². The summed E-state index contributed by atoms with van der Waals surface area (Å²) >= 11 is 0. The molecule has 0 amide bonds. The molecule has 0 saturated carbocycles. The highest BCUT2D eigenvalue weighted by molar-refractivity contribution is 5.50. The molecule has 1 aromatic rings. The fraction of sp³-hybridized carbons (Fsp3) is 0.750. The summed E-state index contributed by atoms with van der Waals surface area (Å²) in [5.74, 6) is 2.06. The quantitative estimate of drug-likeness (QED) is 0.793. The molecule has 0 radical (unpaired) electrons. The summed E-state index contributed by atoms with van der Waals surface area (Å²) in [6.07, 6.45) is 10.7. The molecular formula is C16H24N4. The Balaban J connectivity index is 1.62. The third-order valence-corrected chi connectivity index (χ3v) is 5.25. The van der Waals surface area contributed by atoms with E-state index >= 15 is 0 Å². The lowest BCUT2D eigenvalue weighted by molar-refractivity contribution is 0.340. The molecule has 0 aromatic carbocycles. The molecule has 2 saturated heterocycles. The maximum absolute atomic E-state index is 4.66. The highest BCUT2D eigenvalue weighted by atomic mass is 15.2. The minimum Gasteiger partial charge on any atom is -0.354 e. The highest BCUT2D eigenvalue weighted by Crippen LogP contribution is 2.32. The van der Waals surface area contributed by atoms with E-state index < -0.39 is 0 Å². The van der Waals surface area contributed by atoms with Gasteiger partial charge in [-0.3, -0.25) is 0 Å². The number of aromatic nitrogens is 2. The molecule has 4 nitrogen and oxygen atoms in total. The van der Waals surface area contributed by atoms with Crippen LogP contribution in [0.1, 0.15) is 43.4 Å². The van der Waals surface area contributed by atoms with Gasteiger partial charge in [-0.15, -0.1) is 0 Å². The van der Waals surface area contributed by atoms with Gasteiger partial charge in [0.15, 0.2) is 0 Å². The van der Waals surface area contributed by atoms with Gasteiger partial charge in [0.05, 0.1) is 0 Å². The van der Waals surface area contributed by atoms with E-state index in [1.807, 2.05) is 0 Å². The molecule has 0 spiro atoms. The van der Waals surface area contributed by atoms with Crippen LogP contribution in [0.4, 0.5) is 5.82 Å². The standard InChI is InChI=1S/C16H24N4/c1-2-6-13-14(7-3-1)18-11-19-16(13)20-9-12-5-4-8-17-15(12)10-20/h11-12,15,17H,1-10H2/t12-,15+/m0/s1. The van der Waals surface area contributed by atoms with Gasteiger partial charge in [-0.25, -0.2) is 9.97 Å². The predicted molar refractivity (Wildman–Crippen MR) is 80.0 cm³/mol. The number of nitrogens with one attached hydrogen (secondary N) is 1. The first-order chi connectivity index (χ1) is 9.92. The van der Waals surface area contributed by atoms with E-state index in [1.165, 1.54) is 68.7 Å². The highest BCUT2D eigenvalue weighted by Gasteiger charge is 2.35. The zero-order valence-electron chi connectivity index (χ0n) is 12.1. The van der Waals surface area contributed by atoms with Crippen molar-refractivity contribution in [1.29, 1.82) is 0 Å². The molecule has 108 valence electrons. The lowest BCUT2D eigenvalue weighted by Crippen LogP contribution is -2.40. The summed E-state index contributed by atoms with van der Waals surface area (Å²) < 4.78 is 0. The molecule has 3 aliphatic rings. The van der Waals surface area contributed by atoms with Crippen LogP contribution in [0.25, 0.3) is 0 Å². The minimum atomic E-state index is 0.681. The van der Waals surface area contributed by atoms with E-state index in [4.69, 9.17) is 0 Å². The summed E-state index contributed by atoms with van der Waals surface area (Å²) in [5.41, 5.74) is 2.76. The maximum atomic E-state index is 4.66. The Hall–Kier alpha value is -1.16. The fourth-order valence-corrected chi connectivity index (χ4v) is 4.17. The van der Waals surface area contributed by atoms with Crippen molar-refractivity contribution in [2.45, 2.75) is 51.0 Å². The van der Waals surface area contributed by atoms with Gasteiger partial charge in [0.25, 0.3) is 0 Å². The molecule has 0 unspecified atom stereocenters. The lowest BCUT2D eigenvalue weighted by atomic mass is 9.94. The molecule has 2 aliphatic heterocycles. The number of hydrogen-bond donors (Lipinski definition) is 1. The summed E-state index contributed by atoms with van der Waals surface area (Å²) in [6.45, 7) is 3.51. The van der Waals surface area contributed by atoms with Crippen molar-refractivity contribution < 1.29 is 0 Å². The van der Waals surface area contributed by atoms with Gasteiger partial charge in [0.1, 0.15) is 12.1 Å². The van der Waals surface area contributed by atoms with Crippen LogP contribution in [0, 0.1) is 5.92 Å². The smallest absolute Gasteiger partial charge is 0.135 e. The van der Waals surface area contributed by atoms with Crippen LogP contribution in [-0.2, 0) is 12.8 Å². The SMILES string of the molecule is c1nc2c(c(N3C[C@@H]4CCCN[C@@H]4C3)n1)CCCCC2. The summed E-state index contributed by atoms with van der Waals surface area (Å²) in [7, 11) is 0. The Labute approximate surface area is 121 Å². The average molecular weight is 272 g/mol. The third kappa shape index (κ3) is 2.20. The van der Waals surface area contributed by atoms with Crippen molar-refractivity contribution in [2.24, 2.45) is 5.92 Å². The number of fused-ring (bicyclic) bond motifs is 2. The molecule has 20 heavy (non-hydrogen) atoms. The van der Waals surface area contributed by atoms with E-state index in [9.17, 15) is 0 Å². The number of piperidine rings is 1. The van der Waals surface area contributed by atoms with E-state index in [0.717, 1.165) is 18.9 Å². The largest absolute Gasteiger partial charge is 0.354 e. The molecular weight excluding hydrogens is 248 g/mol. The van der Waals surface area contributed by atoms with Crippen molar-refractivity contribution in [1.82, 2.24) is 15.3 Å². The number of hydrogen-bond acceptors (Lipinski definition) is 4. The van der Waals surface area contributed by atoms with Crippen molar-refractivity contribution in [3.63, 3.8) is 0 Å². The molecule has 1 aromatic heterocycles. The molecule has 2 fully saturated rings. The van der Waals surface area contributed by atoms with Crippen molar-refractivity contribution in [2.75, 3.05) is 24.5 Å². The topological polar surface area (TPSA) is 41.1 Å². The lowest BCUT2D eigenvalue weighted by Gasteiger charge is -2.24. The fourth-order valence-electron chi connectivity index (χ4n) is 4.17. The van der Waals surface area contributed by atoms with Crippen LogP contribution >= 0.6 is 0 Å². The number of anilines is 1. The van der Waals surface area contributed by atoms with Crippen LogP contribution in [-0.4, -0.2) is 35.6 Å². The zero-order chi connectivity index (χ0) is 13.4. The van der Waals surface area contributed by atoms with E-state index in [0.29, 0.717) is 6.04 Å². The van der Waals surface area contributed by atoms with Gasteiger partial charge in [-0.05, 0) is 51.0 Å². The van der Waals surface area contributed by atoms with Gasteiger partial charge < -0.3 is 10.2 Å². The molecule has 4 heteroatoms. The number of aryl methyl sites for hydroxylation is 1. The van der Waals surface area contributed by atoms with Crippen LogP contribution < -0.4 is 10.2 Å². The van der Waals surface area contributed by atoms with Gasteiger partial charge in [0, 0.05) is 30.4 Å². The first-order valence-electron chi connectivity index (χ1n) is 8.23. The Morgan fingerprint density at radius 2 is 2.00 bits per heavy atom. The average Bonchev–Trinajstić information content (AvgIpc) is 2.76. The van der Waals surface area contributed by atoms with Crippen molar-refractivity contribution >= 4 is 5.82 Å². The van der Waals surface area contributed by atoms with Crippen LogP contribution in [0.2, 0.25) is 0 Å². The molecule has 0 bridgehead atoms. The molecule has 3 heterocycles. The first-order valence-corrected chi connectivity index (χ1v) is 8.23. The second kappa shape index (κ2) is 5.32. The van der Waals surface area contributed by atoms with Gasteiger partial charge in [-0.2, -0.15) is 0 Å². The van der Waals surface area contributed by atoms with E-state index in [-0.39, 0.29) is 0 Å². The first kappa shape index (κ1) is 12.6. The van der Waals surface area contributed by atoms with Crippen molar-refractivity contribution in [3.8, 4) is 0 Å². The summed E-state index contributed by atoms with van der Waals surface area (Å²) in [6, 6.07) is 0.681. The second-order valence-electron chi connectivity index (χ2n) is 6.55. The second-order valence-corrected chi connectivity index (χ2v) is 6.55. The molecule has 2 atom stereocenters. The van der Waals surface area contributed by atoms with Crippen LogP contribution in [0.15, 0.2) is 6.33 Å². The number of rotatable bonds is 1. The Morgan fingerprint density at radius 1 is 1.05 bits per heavy atom. The maximum Gasteiger partial charge on any atom is 0.135 e. The van der Waals surface area contributed by atoms with Gasteiger partial charge in [-0.1, -0.05) is 6.42 Å². The van der Waals surface area contributed by atoms with Crippen LogP contribution in [0.3, 0.4) is 0 Å².